The summed E-state index contributed by atoms with van der Waals surface area (Å²) in [5, 5.41) is 24.5. The van der Waals surface area contributed by atoms with Gasteiger partial charge in [-0.1, -0.05) is 37.3 Å². The predicted molar refractivity (Wildman–Crippen MR) is 143 cm³/mol. The number of hydrogen-bond donors (Lipinski definition) is 1. The second-order valence-corrected chi connectivity index (χ2v) is 9.17. The first-order chi connectivity index (χ1) is 18.7. The zero-order chi connectivity index (χ0) is 28.1. The first kappa shape index (κ1) is 27.0. The molecular formula is C26H20N4O8S. The van der Waals surface area contributed by atoms with Crippen molar-refractivity contribution in [3.05, 3.63) is 103 Å². The molecule has 1 fully saturated rings. The lowest BCUT2D eigenvalue weighted by Crippen LogP contribution is -2.36. The molecule has 13 heteroatoms. The molecule has 1 aliphatic heterocycles. The van der Waals surface area contributed by atoms with Crippen LogP contribution in [0.1, 0.15) is 18.1 Å². The number of nitro groups is 2. The third-order valence-corrected chi connectivity index (χ3v) is 6.50. The van der Waals surface area contributed by atoms with E-state index in [2.05, 4.69) is 5.32 Å². The summed E-state index contributed by atoms with van der Waals surface area (Å²) in [5.74, 6) is -1.37. The smallest absolute Gasteiger partial charge is 0.318 e. The van der Waals surface area contributed by atoms with E-state index >= 15 is 0 Å². The van der Waals surface area contributed by atoms with Crippen LogP contribution >= 0.6 is 11.8 Å². The molecule has 1 aliphatic rings. The van der Waals surface area contributed by atoms with Gasteiger partial charge in [0.05, 0.1) is 20.8 Å². The van der Waals surface area contributed by atoms with Gasteiger partial charge in [0.15, 0.2) is 0 Å². The molecule has 39 heavy (non-hydrogen) atoms. The number of nitrogens with zero attached hydrogens (tertiary/aromatic N) is 3. The lowest BCUT2D eigenvalue weighted by Gasteiger charge is -2.13. The van der Waals surface area contributed by atoms with Crippen LogP contribution in [0.15, 0.2) is 71.6 Å². The molecule has 0 radical (unpaired) electrons. The highest BCUT2D eigenvalue weighted by Crippen LogP contribution is 2.38. The summed E-state index contributed by atoms with van der Waals surface area (Å²) < 4.78 is 5.69. The highest BCUT2D eigenvalue weighted by Gasteiger charge is 2.36. The molecule has 1 heterocycles. The van der Waals surface area contributed by atoms with Crippen molar-refractivity contribution in [3.63, 3.8) is 0 Å². The number of para-hydroxylation sites is 1. The van der Waals surface area contributed by atoms with Gasteiger partial charge in [0.1, 0.15) is 12.3 Å². The van der Waals surface area contributed by atoms with Crippen molar-refractivity contribution in [3.8, 4) is 11.5 Å². The van der Waals surface area contributed by atoms with E-state index in [4.69, 9.17) is 4.74 Å². The van der Waals surface area contributed by atoms with Crippen LogP contribution in [0.4, 0.5) is 21.9 Å². The van der Waals surface area contributed by atoms with Crippen molar-refractivity contribution in [2.45, 2.75) is 13.3 Å². The largest absolute Gasteiger partial charge is 0.449 e. The van der Waals surface area contributed by atoms with Gasteiger partial charge in [0.2, 0.25) is 11.7 Å². The van der Waals surface area contributed by atoms with E-state index in [1.54, 1.807) is 30.3 Å². The first-order valence-electron chi connectivity index (χ1n) is 11.5. The Hall–Kier alpha value is -5.04. The number of nitrogens with one attached hydrogen (secondary N) is 1. The number of thioether (sulfide) groups is 1. The van der Waals surface area contributed by atoms with Crippen molar-refractivity contribution in [2.24, 2.45) is 0 Å². The molecule has 12 nitrogen and oxygen atoms in total. The number of rotatable bonds is 9. The minimum Gasteiger partial charge on any atom is -0.449 e. The number of nitro benzene ring substituents is 2. The van der Waals surface area contributed by atoms with Gasteiger partial charge in [-0.05, 0) is 54.1 Å². The zero-order valence-electron chi connectivity index (χ0n) is 20.4. The quantitative estimate of drug-likeness (QED) is 0.206. The van der Waals surface area contributed by atoms with Crippen LogP contribution in [0.3, 0.4) is 0 Å². The lowest BCUT2D eigenvalue weighted by molar-refractivity contribution is -0.394. The van der Waals surface area contributed by atoms with E-state index in [1.807, 2.05) is 19.1 Å². The predicted octanol–water partition coefficient (Wildman–Crippen LogP) is 5.53. The van der Waals surface area contributed by atoms with Crippen molar-refractivity contribution in [1.29, 1.82) is 0 Å². The number of carbonyl (C=O) groups is 3. The number of anilines is 1. The maximum absolute atomic E-state index is 12.9. The van der Waals surface area contributed by atoms with Crippen LogP contribution in [0, 0.1) is 20.2 Å². The highest BCUT2D eigenvalue weighted by atomic mass is 32.2. The number of imide groups is 1. The van der Waals surface area contributed by atoms with E-state index < -0.39 is 44.8 Å². The normalized spacial score (nSPS) is 14.0. The lowest BCUT2D eigenvalue weighted by atomic mass is 10.1. The van der Waals surface area contributed by atoms with Crippen LogP contribution in [-0.2, 0) is 16.0 Å². The fraction of sp³-hybridized carbons (Fsp3) is 0.115. The maximum Gasteiger partial charge on any atom is 0.318 e. The first-order valence-corrected chi connectivity index (χ1v) is 12.3. The third kappa shape index (κ3) is 6.27. The Morgan fingerprint density at radius 1 is 1.00 bits per heavy atom. The number of ether oxygens (including phenoxy) is 1. The number of aryl methyl sites for hydroxylation is 1. The minimum atomic E-state index is -0.806. The molecule has 0 aromatic heterocycles. The van der Waals surface area contributed by atoms with Gasteiger partial charge in [-0.3, -0.25) is 39.5 Å². The number of non-ortho nitro benzene ring substituents is 1. The number of amides is 3. The summed E-state index contributed by atoms with van der Waals surface area (Å²) in [5.41, 5.74) is 0.853. The Labute approximate surface area is 225 Å². The number of carbonyl (C=O) groups excluding carboxylic acids is 3. The van der Waals surface area contributed by atoms with Crippen molar-refractivity contribution in [1.82, 2.24) is 4.90 Å². The van der Waals surface area contributed by atoms with Crippen LogP contribution in [0.25, 0.3) is 6.08 Å². The van der Waals surface area contributed by atoms with Crippen LogP contribution in [0.2, 0.25) is 0 Å². The van der Waals surface area contributed by atoms with Crippen LogP contribution in [-0.4, -0.2) is 38.3 Å². The topological polar surface area (TPSA) is 162 Å². The molecule has 3 aromatic carbocycles. The Morgan fingerprint density at radius 3 is 2.38 bits per heavy atom. The fourth-order valence-electron chi connectivity index (χ4n) is 3.60. The summed E-state index contributed by atoms with van der Waals surface area (Å²) in [4.78, 5) is 59.7. The molecule has 3 amide bonds. The van der Waals surface area contributed by atoms with Gasteiger partial charge < -0.3 is 10.1 Å². The van der Waals surface area contributed by atoms with Gasteiger partial charge in [0, 0.05) is 17.3 Å². The van der Waals surface area contributed by atoms with Crippen molar-refractivity contribution in [2.75, 3.05) is 11.9 Å². The van der Waals surface area contributed by atoms with Crippen LogP contribution in [0.5, 0.6) is 11.5 Å². The SMILES string of the molecule is CCc1ccc(NC(=O)CN2C(=O)S/C(=C/c3ccccc3Oc3ccc([N+](=O)[O-])cc3[N+](=O)[O-])C2=O)cc1. The van der Waals surface area contributed by atoms with E-state index in [0.29, 0.717) is 23.0 Å². The summed E-state index contributed by atoms with van der Waals surface area (Å²) in [6, 6.07) is 16.4. The Morgan fingerprint density at radius 2 is 1.72 bits per heavy atom. The zero-order valence-corrected chi connectivity index (χ0v) is 21.2. The molecule has 198 valence electrons. The second-order valence-electron chi connectivity index (χ2n) is 8.17. The molecule has 1 saturated heterocycles. The van der Waals surface area contributed by atoms with Gasteiger partial charge in [-0.25, -0.2) is 0 Å². The molecule has 0 spiro atoms. The van der Waals surface area contributed by atoms with E-state index in [-0.39, 0.29) is 16.4 Å². The molecule has 4 rings (SSSR count). The number of hydrogen-bond acceptors (Lipinski definition) is 9. The summed E-state index contributed by atoms with van der Waals surface area (Å²) in [6.07, 6.45) is 2.22. The molecule has 3 aromatic rings. The highest BCUT2D eigenvalue weighted by molar-refractivity contribution is 8.18. The average Bonchev–Trinajstić information content (AvgIpc) is 3.17. The van der Waals surface area contributed by atoms with E-state index in [1.165, 1.54) is 12.1 Å². The Balaban J connectivity index is 1.52. The standard InChI is InChI=1S/C26H20N4O8S/c1-2-16-7-9-18(10-8-16)27-24(31)15-28-25(32)23(39-26(28)33)13-17-5-3-4-6-21(17)38-22-12-11-19(29(34)35)14-20(22)30(36)37/h3-14H,2,15H2,1H3,(H,27,31)/b23-13+. The molecular weight excluding hydrogens is 528 g/mol. The molecule has 1 N–H and O–H groups in total. The molecule has 0 aliphatic carbocycles. The average molecular weight is 549 g/mol. The van der Waals surface area contributed by atoms with Crippen molar-refractivity contribution >= 4 is 52.0 Å². The monoisotopic (exact) mass is 548 g/mol. The Bertz CT molecular complexity index is 1520. The van der Waals surface area contributed by atoms with Gasteiger partial charge >= 0.3 is 5.69 Å². The summed E-state index contributed by atoms with van der Waals surface area (Å²) >= 11 is 0.638. The summed E-state index contributed by atoms with van der Waals surface area (Å²) in [6.45, 7) is 1.52. The maximum atomic E-state index is 12.9. The van der Waals surface area contributed by atoms with Gasteiger partial charge in [0.25, 0.3) is 16.8 Å². The fourth-order valence-corrected chi connectivity index (χ4v) is 4.43. The molecule has 0 saturated carbocycles. The molecule has 0 atom stereocenters. The van der Waals surface area contributed by atoms with Crippen molar-refractivity contribution < 1.29 is 29.0 Å². The molecule has 0 unspecified atom stereocenters. The number of benzene rings is 3. The Kier molecular flexibility index (Phi) is 8.01. The molecule has 0 bridgehead atoms. The van der Waals surface area contributed by atoms with Crippen LogP contribution < -0.4 is 10.1 Å². The third-order valence-electron chi connectivity index (χ3n) is 5.60. The second kappa shape index (κ2) is 11.6. The van der Waals surface area contributed by atoms with E-state index in [9.17, 15) is 34.6 Å². The van der Waals surface area contributed by atoms with Gasteiger partial charge in [-0.2, -0.15) is 0 Å². The van der Waals surface area contributed by atoms with E-state index in [0.717, 1.165) is 35.1 Å². The van der Waals surface area contributed by atoms with Gasteiger partial charge in [-0.15, -0.1) is 0 Å². The minimum absolute atomic E-state index is 0.0225. The summed E-state index contributed by atoms with van der Waals surface area (Å²) in [7, 11) is 0.